The summed E-state index contributed by atoms with van der Waals surface area (Å²) in [6.45, 7) is 4.67. The summed E-state index contributed by atoms with van der Waals surface area (Å²) in [5, 5.41) is 6.03. The predicted octanol–water partition coefficient (Wildman–Crippen LogP) is 6.12. The molecule has 0 atom stereocenters. The van der Waals surface area contributed by atoms with Crippen LogP contribution in [-0.4, -0.2) is 29.7 Å². The van der Waals surface area contributed by atoms with Crippen LogP contribution in [0.25, 0.3) is 22.6 Å². The van der Waals surface area contributed by atoms with E-state index in [2.05, 4.69) is 22.5 Å². The van der Waals surface area contributed by atoms with Gasteiger partial charge in [-0.05, 0) is 73.6 Å². The summed E-state index contributed by atoms with van der Waals surface area (Å²) < 4.78 is 16.9. The van der Waals surface area contributed by atoms with E-state index in [4.69, 9.17) is 26.1 Å². The average Bonchev–Trinajstić information content (AvgIpc) is 3.29. The maximum absolute atomic E-state index is 12.7. The monoisotopic (exact) mass is 489 g/mol. The van der Waals surface area contributed by atoms with Crippen molar-refractivity contribution in [2.24, 2.45) is 0 Å². The van der Waals surface area contributed by atoms with Gasteiger partial charge in [0, 0.05) is 22.9 Å². The number of benzene rings is 3. The van der Waals surface area contributed by atoms with Gasteiger partial charge in [0.25, 0.3) is 5.91 Å². The van der Waals surface area contributed by atoms with Crippen LogP contribution in [0.2, 0.25) is 0 Å². The molecule has 3 aromatic carbocycles. The minimum Gasteiger partial charge on any atom is -0.497 e. The quantitative estimate of drug-likeness (QED) is 0.228. The molecule has 4 rings (SSSR count). The van der Waals surface area contributed by atoms with Crippen LogP contribution in [0.1, 0.15) is 35.7 Å². The SMILES string of the molecule is CCCCOc1cccc(C(=O)NC(=S)Nc2cc(-c3nc4cc(OC)ccc4o3)ccc2C)c1. The number of anilines is 1. The Morgan fingerprint density at radius 1 is 1.09 bits per heavy atom. The summed E-state index contributed by atoms with van der Waals surface area (Å²) in [6.07, 6.45) is 2.00. The minimum atomic E-state index is -0.315. The van der Waals surface area contributed by atoms with Gasteiger partial charge >= 0.3 is 0 Å². The Morgan fingerprint density at radius 3 is 2.74 bits per heavy atom. The van der Waals surface area contributed by atoms with Crippen LogP contribution in [0.5, 0.6) is 11.5 Å². The Bertz CT molecular complexity index is 1370. The number of rotatable bonds is 8. The molecule has 0 spiro atoms. The van der Waals surface area contributed by atoms with Gasteiger partial charge in [0.1, 0.15) is 17.0 Å². The number of aryl methyl sites for hydroxylation is 1. The fourth-order valence-corrected chi connectivity index (χ4v) is 3.64. The van der Waals surface area contributed by atoms with Crippen molar-refractivity contribution in [1.82, 2.24) is 10.3 Å². The Kier molecular flexibility index (Phi) is 7.62. The Labute approximate surface area is 209 Å². The van der Waals surface area contributed by atoms with E-state index in [-0.39, 0.29) is 11.0 Å². The molecular formula is C27H27N3O4S. The molecule has 0 radical (unpaired) electrons. The molecule has 0 aliphatic heterocycles. The first-order valence-corrected chi connectivity index (χ1v) is 11.8. The summed E-state index contributed by atoms with van der Waals surface area (Å²) in [4.78, 5) is 17.3. The van der Waals surface area contributed by atoms with Gasteiger partial charge in [-0.25, -0.2) is 4.98 Å². The van der Waals surface area contributed by atoms with Gasteiger partial charge in [-0.2, -0.15) is 0 Å². The van der Waals surface area contributed by atoms with Crippen LogP contribution < -0.4 is 20.1 Å². The van der Waals surface area contributed by atoms with Crippen LogP contribution in [-0.2, 0) is 0 Å². The molecule has 8 heteroatoms. The van der Waals surface area contributed by atoms with Gasteiger partial charge in [-0.1, -0.05) is 25.5 Å². The van der Waals surface area contributed by atoms with E-state index in [9.17, 15) is 4.79 Å². The van der Waals surface area contributed by atoms with Crippen molar-refractivity contribution >= 4 is 40.0 Å². The average molecular weight is 490 g/mol. The zero-order valence-corrected chi connectivity index (χ0v) is 20.7. The minimum absolute atomic E-state index is 0.190. The number of hydrogen-bond donors (Lipinski definition) is 2. The van der Waals surface area contributed by atoms with Crippen LogP contribution in [0.15, 0.2) is 65.1 Å². The topological polar surface area (TPSA) is 85.6 Å². The second-order valence-electron chi connectivity index (χ2n) is 8.02. The van der Waals surface area contributed by atoms with E-state index in [0.29, 0.717) is 40.7 Å². The lowest BCUT2D eigenvalue weighted by molar-refractivity contribution is 0.0977. The van der Waals surface area contributed by atoms with E-state index in [1.807, 2.05) is 49.4 Å². The van der Waals surface area contributed by atoms with E-state index in [1.54, 1.807) is 25.3 Å². The number of fused-ring (bicyclic) bond motifs is 1. The highest BCUT2D eigenvalue weighted by Gasteiger charge is 2.13. The lowest BCUT2D eigenvalue weighted by Gasteiger charge is -2.13. The van der Waals surface area contributed by atoms with Gasteiger partial charge in [0.05, 0.1) is 13.7 Å². The normalized spacial score (nSPS) is 10.7. The third-order valence-corrected chi connectivity index (χ3v) is 5.62. The molecule has 1 aromatic heterocycles. The number of carbonyl (C=O) groups is 1. The van der Waals surface area contributed by atoms with Gasteiger partial charge in [0.15, 0.2) is 10.7 Å². The molecule has 4 aromatic rings. The van der Waals surface area contributed by atoms with Crippen molar-refractivity contribution in [2.45, 2.75) is 26.7 Å². The van der Waals surface area contributed by atoms with E-state index < -0.39 is 0 Å². The highest BCUT2D eigenvalue weighted by Crippen LogP contribution is 2.29. The molecule has 1 heterocycles. The second-order valence-corrected chi connectivity index (χ2v) is 8.43. The number of hydrogen-bond acceptors (Lipinski definition) is 6. The zero-order valence-electron chi connectivity index (χ0n) is 19.9. The van der Waals surface area contributed by atoms with Crippen molar-refractivity contribution in [1.29, 1.82) is 0 Å². The number of methoxy groups -OCH3 is 1. The molecule has 0 aliphatic carbocycles. The lowest BCUT2D eigenvalue weighted by Crippen LogP contribution is -2.34. The highest BCUT2D eigenvalue weighted by molar-refractivity contribution is 7.80. The third kappa shape index (κ3) is 5.96. The van der Waals surface area contributed by atoms with Crippen molar-refractivity contribution in [3.05, 3.63) is 71.8 Å². The molecule has 0 saturated heterocycles. The lowest BCUT2D eigenvalue weighted by atomic mass is 10.1. The number of unbranched alkanes of at least 4 members (excludes halogenated alkanes) is 1. The van der Waals surface area contributed by atoms with Crippen LogP contribution in [0.3, 0.4) is 0 Å². The largest absolute Gasteiger partial charge is 0.497 e. The van der Waals surface area contributed by atoms with Gasteiger partial charge in [0.2, 0.25) is 5.89 Å². The molecule has 180 valence electrons. The Hall–Kier alpha value is -3.91. The Balaban J connectivity index is 1.46. The zero-order chi connectivity index (χ0) is 24.8. The number of amides is 1. The van der Waals surface area contributed by atoms with E-state index >= 15 is 0 Å². The fourth-order valence-electron chi connectivity index (χ4n) is 3.44. The van der Waals surface area contributed by atoms with Crippen LogP contribution >= 0.6 is 12.2 Å². The van der Waals surface area contributed by atoms with Crippen molar-refractivity contribution < 1.29 is 18.7 Å². The summed E-state index contributed by atoms with van der Waals surface area (Å²) in [7, 11) is 1.61. The third-order valence-electron chi connectivity index (χ3n) is 5.42. The maximum atomic E-state index is 12.7. The molecule has 2 N–H and O–H groups in total. The van der Waals surface area contributed by atoms with E-state index in [0.717, 1.165) is 29.7 Å². The molecule has 35 heavy (non-hydrogen) atoms. The van der Waals surface area contributed by atoms with Gasteiger partial charge in [-0.15, -0.1) is 0 Å². The molecule has 7 nitrogen and oxygen atoms in total. The number of nitrogens with zero attached hydrogens (tertiary/aromatic N) is 1. The van der Waals surface area contributed by atoms with Crippen molar-refractivity contribution in [3.63, 3.8) is 0 Å². The number of nitrogens with one attached hydrogen (secondary N) is 2. The summed E-state index contributed by atoms with van der Waals surface area (Å²) in [5.74, 6) is 1.53. The number of ether oxygens (including phenoxy) is 2. The first-order valence-electron chi connectivity index (χ1n) is 11.4. The summed E-state index contributed by atoms with van der Waals surface area (Å²) in [6, 6.07) is 18.3. The van der Waals surface area contributed by atoms with Gasteiger partial charge in [-0.3, -0.25) is 10.1 Å². The first-order chi connectivity index (χ1) is 17.0. The Morgan fingerprint density at radius 2 is 1.94 bits per heavy atom. The highest BCUT2D eigenvalue weighted by atomic mass is 32.1. The summed E-state index contributed by atoms with van der Waals surface area (Å²) in [5.41, 5.74) is 4.31. The van der Waals surface area contributed by atoms with Gasteiger partial charge < -0.3 is 19.2 Å². The van der Waals surface area contributed by atoms with Crippen LogP contribution in [0, 0.1) is 6.92 Å². The molecule has 0 fully saturated rings. The first kappa shape index (κ1) is 24.2. The van der Waals surface area contributed by atoms with Crippen molar-refractivity contribution in [3.8, 4) is 23.0 Å². The number of aromatic nitrogens is 1. The number of oxazole rings is 1. The molecule has 0 bridgehead atoms. The summed E-state index contributed by atoms with van der Waals surface area (Å²) >= 11 is 5.40. The molecule has 0 unspecified atom stereocenters. The molecule has 1 amide bonds. The predicted molar refractivity (Wildman–Crippen MR) is 141 cm³/mol. The number of carbonyl (C=O) groups excluding carboxylic acids is 1. The van der Waals surface area contributed by atoms with Crippen molar-refractivity contribution in [2.75, 3.05) is 19.0 Å². The van der Waals surface area contributed by atoms with Crippen LogP contribution in [0.4, 0.5) is 5.69 Å². The standard InChI is InChI=1S/C27H27N3O4S/c1-4-5-13-33-21-8-6-7-18(14-21)25(31)30-27(35)29-22-15-19(10-9-17(22)2)26-28-23-16-20(32-3)11-12-24(23)34-26/h6-12,14-16H,4-5,13H2,1-3H3,(H2,29,30,31,35). The molecule has 0 aliphatic rings. The molecule has 0 saturated carbocycles. The van der Waals surface area contributed by atoms with E-state index in [1.165, 1.54) is 0 Å². The number of thiocarbonyl (C=S) groups is 1. The smallest absolute Gasteiger partial charge is 0.257 e. The fraction of sp³-hybridized carbons (Fsp3) is 0.222. The molecular weight excluding hydrogens is 462 g/mol. The maximum Gasteiger partial charge on any atom is 0.257 e. The second kappa shape index (κ2) is 11.0.